The van der Waals surface area contributed by atoms with Crippen LogP contribution in [0.15, 0.2) is 43.1 Å². The van der Waals surface area contributed by atoms with Crippen LogP contribution in [0, 0.1) is 0 Å². The fourth-order valence-electron chi connectivity index (χ4n) is 4.00. The second-order valence-corrected chi connectivity index (χ2v) is 7.63. The lowest BCUT2D eigenvalue weighted by Gasteiger charge is -2.15. The second kappa shape index (κ2) is 7.85. The largest absolute Gasteiger partial charge is 0.294 e. The number of carbonyl (C=O) groups is 4. The average molecular weight is 425 g/mol. The molecule has 4 rings (SSSR count). The van der Waals surface area contributed by atoms with Crippen LogP contribution in [0.5, 0.6) is 0 Å². The third-order valence-corrected chi connectivity index (χ3v) is 5.49. The van der Waals surface area contributed by atoms with Gasteiger partial charge in [0, 0.05) is 80.3 Å². The monoisotopic (exact) mass is 425 g/mol. The van der Waals surface area contributed by atoms with E-state index in [0.717, 1.165) is 0 Å². The van der Waals surface area contributed by atoms with Crippen molar-refractivity contribution in [3.05, 3.63) is 65.4 Å². The fraction of sp³-hybridized carbons (Fsp3) is 0.160. The molecule has 158 valence electrons. The first kappa shape index (κ1) is 21.1. The summed E-state index contributed by atoms with van der Waals surface area (Å²) in [4.78, 5) is 62.1. The number of aromatic nitrogens is 3. The minimum absolute atomic E-state index is 0.180. The lowest BCUT2D eigenvalue weighted by molar-refractivity contribution is 0.100. The molecule has 0 aliphatic carbocycles. The molecule has 0 aliphatic heterocycles. The molecule has 0 N–H and O–H groups in total. The van der Waals surface area contributed by atoms with E-state index in [2.05, 4.69) is 15.0 Å². The first-order valence-corrected chi connectivity index (χ1v) is 9.94. The van der Waals surface area contributed by atoms with Crippen LogP contribution in [0.25, 0.3) is 32.8 Å². The van der Waals surface area contributed by atoms with Gasteiger partial charge >= 0.3 is 0 Å². The number of fused-ring (bicyclic) bond motifs is 2. The Labute approximate surface area is 183 Å². The maximum atomic E-state index is 12.3. The van der Waals surface area contributed by atoms with Crippen LogP contribution >= 0.6 is 0 Å². The van der Waals surface area contributed by atoms with E-state index in [4.69, 9.17) is 0 Å². The highest BCUT2D eigenvalue weighted by Crippen LogP contribution is 2.37. The molecule has 0 saturated carbocycles. The van der Waals surface area contributed by atoms with Crippen LogP contribution in [-0.4, -0.2) is 38.1 Å². The zero-order valence-corrected chi connectivity index (χ0v) is 18.0. The molecule has 0 amide bonds. The average Bonchev–Trinajstić information content (AvgIpc) is 2.76. The number of rotatable bonds is 5. The molecule has 0 unspecified atom stereocenters. The number of ketones is 4. The van der Waals surface area contributed by atoms with Crippen molar-refractivity contribution >= 4 is 44.7 Å². The smallest absolute Gasteiger partial charge is 0.162 e. The molecule has 0 bridgehead atoms. The van der Waals surface area contributed by atoms with Crippen LogP contribution in [0.4, 0.5) is 0 Å². The van der Waals surface area contributed by atoms with Crippen molar-refractivity contribution < 1.29 is 19.2 Å². The summed E-state index contributed by atoms with van der Waals surface area (Å²) in [5.41, 5.74) is 2.48. The Morgan fingerprint density at radius 1 is 0.562 bits per heavy atom. The van der Waals surface area contributed by atoms with Crippen LogP contribution in [0.1, 0.15) is 69.1 Å². The summed E-state index contributed by atoms with van der Waals surface area (Å²) in [6, 6.07) is 3.39. The Balaban J connectivity index is 2.19. The van der Waals surface area contributed by atoms with E-state index < -0.39 is 0 Å². The lowest BCUT2D eigenvalue weighted by Crippen LogP contribution is -2.05. The lowest BCUT2D eigenvalue weighted by atomic mass is 9.90. The van der Waals surface area contributed by atoms with Crippen molar-refractivity contribution in [2.24, 2.45) is 0 Å². The Bertz CT molecular complexity index is 1330. The fourth-order valence-corrected chi connectivity index (χ4v) is 4.00. The number of hydrogen-bond acceptors (Lipinski definition) is 7. The molecule has 1 aromatic carbocycles. The van der Waals surface area contributed by atoms with E-state index in [0.29, 0.717) is 55.1 Å². The van der Waals surface area contributed by atoms with Gasteiger partial charge in [-0.05, 0) is 27.7 Å². The number of nitrogens with zero attached hydrogens (tertiary/aromatic N) is 3. The van der Waals surface area contributed by atoms with Gasteiger partial charge in [0.2, 0.25) is 0 Å². The first-order valence-electron chi connectivity index (χ1n) is 9.94. The third-order valence-electron chi connectivity index (χ3n) is 5.49. The van der Waals surface area contributed by atoms with Crippen molar-refractivity contribution in [1.82, 2.24) is 15.0 Å². The molecule has 7 nitrogen and oxygen atoms in total. The molecule has 0 aliphatic rings. The van der Waals surface area contributed by atoms with E-state index in [9.17, 15) is 19.2 Å². The van der Waals surface area contributed by atoms with Gasteiger partial charge in [-0.2, -0.15) is 0 Å². The minimum atomic E-state index is -0.222. The van der Waals surface area contributed by atoms with Crippen molar-refractivity contribution in [3.63, 3.8) is 0 Å². The van der Waals surface area contributed by atoms with E-state index in [1.807, 2.05) is 0 Å². The van der Waals surface area contributed by atoms with E-state index in [-0.39, 0.29) is 23.1 Å². The molecule has 0 saturated heterocycles. The van der Waals surface area contributed by atoms with E-state index in [1.54, 1.807) is 24.5 Å². The molecule has 32 heavy (non-hydrogen) atoms. The highest BCUT2D eigenvalue weighted by atomic mass is 16.1. The third kappa shape index (κ3) is 3.28. The van der Waals surface area contributed by atoms with Gasteiger partial charge in [-0.25, -0.2) is 0 Å². The Hall–Kier alpha value is -4.13. The topological polar surface area (TPSA) is 107 Å². The summed E-state index contributed by atoms with van der Waals surface area (Å²) in [7, 11) is 0. The molecular formula is C25H19N3O4. The normalized spacial score (nSPS) is 11.0. The van der Waals surface area contributed by atoms with Gasteiger partial charge in [0.05, 0.1) is 5.69 Å². The van der Waals surface area contributed by atoms with Gasteiger partial charge in [-0.3, -0.25) is 34.1 Å². The molecule has 0 atom stereocenters. The van der Waals surface area contributed by atoms with Crippen molar-refractivity contribution in [1.29, 1.82) is 0 Å². The number of Topliss-reactive ketones (excluding diaryl/α,β-unsaturated/α-hetero) is 4. The van der Waals surface area contributed by atoms with Crippen molar-refractivity contribution in [2.75, 3.05) is 0 Å². The SMILES string of the molecule is CC(=O)c1ccc(-c2ncc(C(C)=O)c3c(C(C)=O)cncc23)c2cncc(C(C)=O)c12. The zero-order valence-electron chi connectivity index (χ0n) is 18.0. The predicted molar refractivity (Wildman–Crippen MR) is 120 cm³/mol. The summed E-state index contributed by atoms with van der Waals surface area (Å²) in [6.45, 7) is 5.70. The van der Waals surface area contributed by atoms with Crippen LogP contribution in [0.2, 0.25) is 0 Å². The zero-order chi connectivity index (χ0) is 23.2. The molecule has 0 fully saturated rings. The van der Waals surface area contributed by atoms with Gasteiger partial charge in [0.1, 0.15) is 0 Å². The number of pyridine rings is 3. The summed E-state index contributed by atoms with van der Waals surface area (Å²) < 4.78 is 0. The highest BCUT2D eigenvalue weighted by Gasteiger charge is 2.21. The predicted octanol–water partition coefficient (Wildman–Crippen LogP) is 4.66. The first-order chi connectivity index (χ1) is 15.2. The molecule has 3 aromatic heterocycles. The summed E-state index contributed by atoms with van der Waals surface area (Å²) in [6.07, 6.45) is 7.47. The standard InChI is InChI=1S/C25H19N3O4/c1-12(29)16-5-6-17(21-9-26-7-18(13(2)30)23(16)21)25-22-10-27-8-19(14(3)31)24(22)20(11-28-25)15(4)32/h5-11H,1-4H3. The van der Waals surface area contributed by atoms with Crippen LogP contribution in [0.3, 0.4) is 0 Å². The Kier molecular flexibility index (Phi) is 5.18. The summed E-state index contributed by atoms with van der Waals surface area (Å²) in [5, 5.41) is 2.07. The van der Waals surface area contributed by atoms with Crippen LogP contribution < -0.4 is 0 Å². The van der Waals surface area contributed by atoms with Gasteiger partial charge in [0.25, 0.3) is 0 Å². The van der Waals surface area contributed by atoms with Gasteiger partial charge in [-0.1, -0.05) is 12.1 Å². The van der Waals surface area contributed by atoms with Gasteiger partial charge in [0.15, 0.2) is 23.1 Å². The molecular weight excluding hydrogens is 406 g/mol. The maximum Gasteiger partial charge on any atom is 0.162 e. The van der Waals surface area contributed by atoms with Crippen molar-refractivity contribution in [2.45, 2.75) is 27.7 Å². The van der Waals surface area contributed by atoms with E-state index in [1.165, 1.54) is 46.3 Å². The highest BCUT2D eigenvalue weighted by molar-refractivity contribution is 6.21. The summed E-state index contributed by atoms with van der Waals surface area (Å²) >= 11 is 0. The summed E-state index contributed by atoms with van der Waals surface area (Å²) in [5.74, 6) is -0.839. The minimum Gasteiger partial charge on any atom is -0.294 e. The Morgan fingerprint density at radius 2 is 1.03 bits per heavy atom. The maximum absolute atomic E-state index is 12.3. The van der Waals surface area contributed by atoms with E-state index >= 15 is 0 Å². The number of carbonyl (C=O) groups excluding carboxylic acids is 4. The number of hydrogen-bond donors (Lipinski definition) is 0. The number of benzene rings is 1. The molecule has 0 radical (unpaired) electrons. The second-order valence-electron chi connectivity index (χ2n) is 7.63. The van der Waals surface area contributed by atoms with Gasteiger partial charge in [-0.15, -0.1) is 0 Å². The Morgan fingerprint density at radius 3 is 1.56 bits per heavy atom. The molecule has 4 aromatic rings. The molecule has 7 heteroatoms. The molecule has 3 heterocycles. The molecule has 0 spiro atoms. The quantitative estimate of drug-likeness (QED) is 0.428. The van der Waals surface area contributed by atoms with Crippen LogP contribution in [-0.2, 0) is 0 Å². The van der Waals surface area contributed by atoms with Gasteiger partial charge < -0.3 is 0 Å². The van der Waals surface area contributed by atoms with Crippen molar-refractivity contribution in [3.8, 4) is 11.3 Å².